The molecule has 0 spiro atoms. The molecule has 0 unspecified atom stereocenters. The molecule has 0 atom stereocenters. The van der Waals surface area contributed by atoms with Crippen molar-refractivity contribution in [2.45, 2.75) is 0 Å². The van der Waals surface area contributed by atoms with Crippen molar-refractivity contribution in [1.82, 2.24) is 19.5 Å². The van der Waals surface area contributed by atoms with Crippen LogP contribution < -0.4 is 0 Å². The van der Waals surface area contributed by atoms with Crippen LogP contribution in [-0.2, 0) is 0 Å². The zero-order valence-electron chi connectivity index (χ0n) is 40.9. The van der Waals surface area contributed by atoms with Gasteiger partial charge in [0.15, 0.2) is 17.5 Å². The molecule has 358 valence electrons. The highest BCUT2D eigenvalue weighted by atomic mass is 32.1. The summed E-state index contributed by atoms with van der Waals surface area (Å²) in [5, 5.41) is 11.1. The molecule has 0 radical (unpaired) electrons. The molecular formula is C69H38N4O3S. The first-order valence-corrected chi connectivity index (χ1v) is 26.5. The summed E-state index contributed by atoms with van der Waals surface area (Å²) in [6, 6.07) is 81.1. The highest BCUT2D eigenvalue weighted by Crippen LogP contribution is 2.44. The lowest BCUT2D eigenvalue weighted by Gasteiger charge is -2.10. The van der Waals surface area contributed by atoms with Crippen molar-refractivity contribution >= 4 is 119 Å². The van der Waals surface area contributed by atoms with E-state index >= 15 is 0 Å². The second-order valence-corrected chi connectivity index (χ2v) is 20.9. The summed E-state index contributed by atoms with van der Waals surface area (Å²) < 4.78 is 24.0. The minimum Gasteiger partial charge on any atom is -0.456 e. The van der Waals surface area contributed by atoms with Crippen LogP contribution in [0.2, 0.25) is 0 Å². The molecule has 0 aliphatic heterocycles. The minimum atomic E-state index is 0.554. The van der Waals surface area contributed by atoms with Crippen molar-refractivity contribution in [2.75, 3.05) is 0 Å². The number of benzene rings is 11. The first kappa shape index (κ1) is 42.2. The number of aromatic nitrogens is 4. The van der Waals surface area contributed by atoms with Gasteiger partial charge in [0.05, 0.1) is 11.0 Å². The summed E-state index contributed by atoms with van der Waals surface area (Å²) in [5.41, 5.74) is 15.6. The van der Waals surface area contributed by atoms with E-state index in [0.29, 0.717) is 17.5 Å². The van der Waals surface area contributed by atoms with Crippen LogP contribution in [0.25, 0.3) is 170 Å². The van der Waals surface area contributed by atoms with Crippen LogP contribution in [0.1, 0.15) is 0 Å². The Morgan fingerprint density at radius 3 is 1.47 bits per heavy atom. The third-order valence-corrected chi connectivity index (χ3v) is 16.6. The molecule has 0 saturated heterocycles. The lowest BCUT2D eigenvalue weighted by molar-refractivity contribution is 0.668. The van der Waals surface area contributed by atoms with Gasteiger partial charge in [-0.05, 0) is 119 Å². The summed E-state index contributed by atoms with van der Waals surface area (Å²) in [6.45, 7) is 0. The molecule has 77 heavy (non-hydrogen) atoms. The second kappa shape index (κ2) is 16.2. The van der Waals surface area contributed by atoms with E-state index in [-0.39, 0.29) is 0 Å². The topological polar surface area (TPSA) is 83.0 Å². The Bertz CT molecular complexity index is 5180. The Morgan fingerprint density at radius 2 is 0.766 bits per heavy atom. The molecule has 17 aromatic rings. The third kappa shape index (κ3) is 6.52. The van der Waals surface area contributed by atoms with Crippen LogP contribution >= 0.6 is 11.3 Å². The maximum atomic E-state index is 6.61. The van der Waals surface area contributed by atoms with Gasteiger partial charge in [-0.2, -0.15) is 0 Å². The van der Waals surface area contributed by atoms with E-state index in [1.165, 1.54) is 26.5 Å². The van der Waals surface area contributed by atoms with E-state index in [9.17, 15) is 0 Å². The largest absolute Gasteiger partial charge is 0.456 e. The molecular weight excluding hydrogens is 965 g/mol. The summed E-state index contributed by atoms with van der Waals surface area (Å²) in [5.74, 6) is 1.69. The molecule has 0 N–H and O–H groups in total. The predicted molar refractivity (Wildman–Crippen MR) is 316 cm³/mol. The zero-order valence-corrected chi connectivity index (χ0v) is 41.7. The molecule has 0 amide bonds. The van der Waals surface area contributed by atoms with Crippen molar-refractivity contribution in [3.63, 3.8) is 0 Å². The Labute approximate surface area is 442 Å². The van der Waals surface area contributed by atoms with Crippen LogP contribution in [0.15, 0.2) is 244 Å². The van der Waals surface area contributed by atoms with Crippen LogP contribution in [0.5, 0.6) is 0 Å². The lowest BCUT2D eigenvalue weighted by Crippen LogP contribution is -2.00. The van der Waals surface area contributed by atoms with Gasteiger partial charge in [0.2, 0.25) is 0 Å². The molecule has 0 fully saturated rings. The number of hydrogen-bond donors (Lipinski definition) is 0. The Kier molecular flexibility index (Phi) is 8.87. The van der Waals surface area contributed by atoms with Crippen LogP contribution in [0, 0.1) is 0 Å². The lowest BCUT2D eigenvalue weighted by atomic mass is 9.99. The van der Waals surface area contributed by atoms with Gasteiger partial charge in [-0.25, -0.2) is 15.0 Å². The van der Waals surface area contributed by atoms with Crippen molar-refractivity contribution in [3.8, 4) is 62.1 Å². The summed E-state index contributed by atoms with van der Waals surface area (Å²) in [4.78, 5) is 15.7. The molecule has 0 bridgehead atoms. The number of rotatable bonds is 6. The standard InChI is InChI=1S/C69H38N4O3S/c1-2-11-45(12-3-1)73-56-17-7-4-13-46(56)47-27-21-40(34-57(47)73)39-26-32-60-55(33-39)52-28-22-41(35-61(52)76-60)42-23-31-53-65(38-42)77-64-20-10-16-54(66(53)64)69-71-67(43-24-29-50-48-14-5-8-18-58(48)74-62(50)36-43)70-68(72-69)44-25-30-51-49-15-6-9-19-59(49)75-63(51)37-44/h1-38H. The van der Waals surface area contributed by atoms with Crippen molar-refractivity contribution in [3.05, 3.63) is 231 Å². The number of furan rings is 3. The predicted octanol–water partition coefficient (Wildman–Crippen LogP) is 19.4. The molecule has 17 rings (SSSR count). The first-order chi connectivity index (χ1) is 38.1. The van der Waals surface area contributed by atoms with E-state index < -0.39 is 0 Å². The average molecular weight is 1000 g/mol. The van der Waals surface area contributed by atoms with E-state index in [1.54, 1.807) is 11.3 Å². The quantitative estimate of drug-likeness (QED) is 0.165. The van der Waals surface area contributed by atoms with Gasteiger partial charge in [-0.3, -0.25) is 0 Å². The maximum absolute atomic E-state index is 6.61. The van der Waals surface area contributed by atoms with Crippen LogP contribution in [0.4, 0.5) is 0 Å². The average Bonchev–Trinajstić information content (AvgIpc) is 4.32. The number of fused-ring (bicyclic) bond motifs is 15. The van der Waals surface area contributed by atoms with Gasteiger partial charge in [0, 0.05) is 85.6 Å². The van der Waals surface area contributed by atoms with Crippen LogP contribution in [-0.4, -0.2) is 19.5 Å². The number of para-hydroxylation sites is 4. The monoisotopic (exact) mass is 1000 g/mol. The van der Waals surface area contributed by atoms with Crippen molar-refractivity contribution in [2.24, 2.45) is 0 Å². The first-order valence-electron chi connectivity index (χ1n) is 25.7. The van der Waals surface area contributed by atoms with E-state index in [2.05, 4.69) is 187 Å². The van der Waals surface area contributed by atoms with Gasteiger partial charge in [0.1, 0.15) is 33.5 Å². The third-order valence-electron chi connectivity index (χ3n) is 15.5. The Balaban J connectivity index is 0.755. The van der Waals surface area contributed by atoms with Gasteiger partial charge in [0.25, 0.3) is 0 Å². The van der Waals surface area contributed by atoms with Gasteiger partial charge < -0.3 is 17.8 Å². The fraction of sp³-hybridized carbons (Fsp3) is 0. The smallest absolute Gasteiger partial charge is 0.164 e. The minimum absolute atomic E-state index is 0.554. The summed E-state index contributed by atoms with van der Waals surface area (Å²) in [7, 11) is 0. The fourth-order valence-electron chi connectivity index (χ4n) is 11.8. The van der Waals surface area contributed by atoms with Crippen molar-refractivity contribution < 1.29 is 13.3 Å². The number of nitrogens with zero attached hydrogens (tertiary/aromatic N) is 4. The molecule has 6 aromatic heterocycles. The maximum Gasteiger partial charge on any atom is 0.164 e. The molecule has 7 nitrogen and oxygen atoms in total. The van der Waals surface area contributed by atoms with Gasteiger partial charge in [-0.15, -0.1) is 11.3 Å². The SMILES string of the molecule is c1ccc(-n2c3ccccc3c3ccc(-c4ccc5oc6cc(-c7ccc8c(c7)sc7cccc(-c9nc(-c%10ccc%11c(c%10)oc%10ccccc%10%11)nc(-c%10ccc%11c(c%10)oc%10ccccc%10%11)n9)c78)ccc6c5c4)cc32)cc1. The molecule has 8 heteroatoms. The number of hydrogen-bond acceptors (Lipinski definition) is 7. The normalized spacial score (nSPS) is 12.2. The highest BCUT2D eigenvalue weighted by Gasteiger charge is 2.21. The summed E-state index contributed by atoms with van der Waals surface area (Å²) >= 11 is 1.77. The fourth-order valence-corrected chi connectivity index (χ4v) is 13.0. The molecule has 0 aliphatic carbocycles. The van der Waals surface area contributed by atoms with Gasteiger partial charge >= 0.3 is 0 Å². The second-order valence-electron chi connectivity index (χ2n) is 19.9. The van der Waals surface area contributed by atoms with Gasteiger partial charge in [-0.1, -0.05) is 133 Å². The molecule has 0 saturated carbocycles. The highest BCUT2D eigenvalue weighted by molar-refractivity contribution is 7.26. The molecule has 6 heterocycles. The number of thiophene rings is 1. The van der Waals surface area contributed by atoms with Crippen molar-refractivity contribution in [1.29, 1.82) is 0 Å². The van der Waals surface area contributed by atoms with E-state index in [0.717, 1.165) is 126 Å². The molecule has 0 aliphatic rings. The van der Waals surface area contributed by atoms with Crippen LogP contribution in [0.3, 0.4) is 0 Å². The molecule has 11 aromatic carbocycles. The Morgan fingerprint density at radius 1 is 0.286 bits per heavy atom. The summed E-state index contributed by atoms with van der Waals surface area (Å²) in [6.07, 6.45) is 0. The van der Waals surface area contributed by atoms with E-state index in [1.807, 2.05) is 48.5 Å². The zero-order chi connectivity index (χ0) is 50.3. The van der Waals surface area contributed by atoms with E-state index in [4.69, 9.17) is 28.2 Å². The Hall–Kier alpha value is -10.2.